The maximum atomic E-state index is 12.0. The van der Waals surface area contributed by atoms with Gasteiger partial charge in [0, 0.05) is 24.8 Å². The summed E-state index contributed by atoms with van der Waals surface area (Å²) in [5.74, 6) is -0.830. The van der Waals surface area contributed by atoms with Crippen LogP contribution >= 0.6 is 0 Å². The van der Waals surface area contributed by atoms with Crippen LogP contribution in [0, 0.1) is 23.2 Å². The number of esters is 2. The number of carbonyl (C=O) groups is 2. The first-order valence-corrected chi connectivity index (χ1v) is 11.1. The van der Waals surface area contributed by atoms with Crippen molar-refractivity contribution >= 4 is 11.9 Å². The number of aliphatic hydroxyl groups is 2. The van der Waals surface area contributed by atoms with Crippen molar-refractivity contribution in [2.75, 3.05) is 0 Å². The van der Waals surface area contributed by atoms with Crippen LogP contribution in [-0.4, -0.2) is 46.6 Å². The van der Waals surface area contributed by atoms with E-state index < -0.39 is 41.8 Å². The van der Waals surface area contributed by atoms with Crippen LogP contribution in [0.2, 0.25) is 0 Å². The molecule has 168 valence electrons. The number of aliphatic hydroxyl groups excluding tert-OH is 2. The Bertz CT molecular complexity index is 755. The van der Waals surface area contributed by atoms with E-state index in [9.17, 15) is 19.8 Å². The molecular weight excluding hydrogens is 384 g/mol. The number of carbonyl (C=O) groups excluding carboxylic acids is 2. The minimum atomic E-state index is -0.894. The van der Waals surface area contributed by atoms with Crippen molar-refractivity contribution in [1.29, 1.82) is 0 Å². The Hall–Kier alpha value is -1.66. The molecule has 6 nitrogen and oxygen atoms in total. The monoisotopic (exact) mass is 420 g/mol. The van der Waals surface area contributed by atoms with Crippen molar-refractivity contribution in [2.45, 2.75) is 91.1 Å². The van der Waals surface area contributed by atoms with Gasteiger partial charge in [0.2, 0.25) is 0 Å². The summed E-state index contributed by atoms with van der Waals surface area (Å²) in [6, 6.07) is 0. The Balaban J connectivity index is 2.20. The van der Waals surface area contributed by atoms with Crippen molar-refractivity contribution in [1.82, 2.24) is 0 Å². The van der Waals surface area contributed by atoms with Crippen molar-refractivity contribution in [3.63, 3.8) is 0 Å². The largest absolute Gasteiger partial charge is 0.458 e. The number of allylic oxidation sites excluding steroid dienone is 2. The van der Waals surface area contributed by atoms with Crippen LogP contribution in [-0.2, 0) is 19.1 Å². The summed E-state index contributed by atoms with van der Waals surface area (Å²) in [4.78, 5) is 24.0. The van der Waals surface area contributed by atoms with Gasteiger partial charge in [0.05, 0.1) is 12.2 Å². The molecule has 3 rings (SSSR count). The zero-order chi connectivity index (χ0) is 22.4. The lowest BCUT2D eigenvalue weighted by molar-refractivity contribution is -0.179. The Morgan fingerprint density at radius 2 is 1.77 bits per heavy atom. The van der Waals surface area contributed by atoms with Gasteiger partial charge in [0.15, 0.2) is 6.10 Å². The molecule has 0 unspecified atom stereocenters. The fourth-order valence-electron chi connectivity index (χ4n) is 6.29. The second-order valence-corrected chi connectivity index (χ2v) is 9.82. The Kier molecular flexibility index (Phi) is 6.49. The summed E-state index contributed by atoms with van der Waals surface area (Å²) in [6.45, 7) is 13.1. The standard InChI is InChI=1S/C24H36O6/c1-12-7-8-18(27)13(2)11-19(28)20-14(3)21-17(12)9-10-24(21,6)23(30-16(5)26)22(20)29-15(4)25/h13,17-19,21-23,27-28H,1,7-11H2,2-6H3/t13-,17+,18-,19+,21-,22-,23+,24+/m1/s1. The molecule has 0 saturated heterocycles. The predicted octanol–water partition coefficient (Wildman–Crippen LogP) is 3.31. The molecule has 0 spiro atoms. The lowest BCUT2D eigenvalue weighted by Crippen LogP contribution is -2.55. The zero-order valence-electron chi connectivity index (χ0n) is 18.8. The average Bonchev–Trinajstić information content (AvgIpc) is 3.00. The maximum absolute atomic E-state index is 12.0. The Morgan fingerprint density at radius 3 is 2.37 bits per heavy atom. The smallest absolute Gasteiger partial charge is 0.303 e. The summed E-state index contributed by atoms with van der Waals surface area (Å²) in [5, 5.41) is 21.9. The SMILES string of the molecule is C=C1CC[C@@H](O)[C@H](C)C[C@H](O)C2=C(C)[C@@H]3[C@H]1CC[C@]3(C)[C@@H](OC(C)=O)[C@@H]2OC(C)=O. The zero-order valence-corrected chi connectivity index (χ0v) is 18.8. The molecule has 0 aromatic heterocycles. The fraction of sp³-hybridized carbons (Fsp3) is 0.750. The number of hydrogen-bond acceptors (Lipinski definition) is 6. The molecule has 3 aliphatic rings. The molecule has 0 aliphatic heterocycles. The third-order valence-electron chi connectivity index (χ3n) is 7.74. The van der Waals surface area contributed by atoms with Crippen LogP contribution in [0.25, 0.3) is 0 Å². The molecule has 3 aliphatic carbocycles. The molecule has 1 saturated carbocycles. The normalized spacial score (nSPS) is 41.8. The van der Waals surface area contributed by atoms with Gasteiger partial charge < -0.3 is 19.7 Å². The summed E-state index contributed by atoms with van der Waals surface area (Å²) < 4.78 is 11.5. The average molecular weight is 421 g/mol. The molecular formula is C24H36O6. The van der Waals surface area contributed by atoms with Gasteiger partial charge in [0.1, 0.15) is 6.10 Å². The van der Waals surface area contributed by atoms with Crippen molar-refractivity contribution < 1.29 is 29.3 Å². The van der Waals surface area contributed by atoms with E-state index in [1.54, 1.807) is 0 Å². The highest BCUT2D eigenvalue weighted by Crippen LogP contribution is 2.60. The van der Waals surface area contributed by atoms with Gasteiger partial charge in [-0.05, 0) is 56.8 Å². The molecule has 1 fully saturated rings. The molecule has 30 heavy (non-hydrogen) atoms. The van der Waals surface area contributed by atoms with Crippen LogP contribution in [0.3, 0.4) is 0 Å². The molecule has 0 radical (unpaired) electrons. The molecule has 0 aromatic rings. The van der Waals surface area contributed by atoms with E-state index in [0.29, 0.717) is 18.4 Å². The lowest BCUT2D eigenvalue weighted by Gasteiger charge is -2.49. The first kappa shape index (κ1) is 23.0. The van der Waals surface area contributed by atoms with Crippen molar-refractivity contribution in [3.8, 4) is 0 Å². The second kappa shape index (κ2) is 8.46. The van der Waals surface area contributed by atoms with E-state index in [1.165, 1.54) is 13.8 Å². The minimum Gasteiger partial charge on any atom is -0.458 e. The molecule has 8 atom stereocenters. The fourth-order valence-corrected chi connectivity index (χ4v) is 6.29. The first-order chi connectivity index (χ1) is 14.0. The summed E-state index contributed by atoms with van der Waals surface area (Å²) >= 11 is 0. The molecule has 2 N–H and O–H groups in total. The number of ether oxygens (including phenoxy) is 2. The number of hydrogen-bond donors (Lipinski definition) is 2. The van der Waals surface area contributed by atoms with E-state index in [4.69, 9.17) is 9.47 Å². The van der Waals surface area contributed by atoms with E-state index in [0.717, 1.165) is 30.4 Å². The van der Waals surface area contributed by atoms with Crippen LogP contribution < -0.4 is 0 Å². The van der Waals surface area contributed by atoms with E-state index >= 15 is 0 Å². The quantitative estimate of drug-likeness (QED) is 0.526. The summed E-state index contributed by atoms with van der Waals surface area (Å²) in [6.07, 6.45) is 0.436. The van der Waals surface area contributed by atoms with E-state index in [1.807, 2.05) is 13.8 Å². The third kappa shape index (κ3) is 3.96. The topological polar surface area (TPSA) is 93.1 Å². The van der Waals surface area contributed by atoms with Crippen molar-refractivity contribution in [2.24, 2.45) is 23.2 Å². The highest BCUT2D eigenvalue weighted by Gasteiger charge is 2.60. The third-order valence-corrected chi connectivity index (χ3v) is 7.74. The van der Waals surface area contributed by atoms with Gasteiger partial charge in [-0.3, -0.25) is 9.59 Å². The van der Waals surface area contributed by atoms with Gasteiger partial charge in [0.25, 0.3) is 0 Å². The number of rotatable bonds is 2. The van der Waals surface area contributed by atoms with Gasteiger partial charge in [-0.1, -0.05) is 31.6 Å². The summed E-state index contributed by atoms with van der Waals surface area (Å²) in [5.41, 5.74) is 2.30. The Morgan fingerprint density at radius 1 is 1.13 bits per heavy atom. The van der Waals surface area contributed by atoms with Crippen LogP contribution in [0.4, 0.5) is 0 Å². The second-order valence-electron chi connectivity index (χ2n) is 9.82. The molecule has 0 aromatic carbocycles. The molecule has 0 heterocycles. The predicted molar refractivity (Wildman–Crippen MR) is 112 cm³/mol. The van der Waals surface area contributed by atoms with Crippen LogP contribution in [0.15, 0.2) is 23.3 Å². The van der Waals surface area contributed by atoms with Gasteiger partial charge >= 0.3 is 11.9 Å². The minimum absolute atomic E-state index is 0.0383. The maximum Gasteiger partial charge on any atom is 0.303 e. The van der Waals surface area contributed by atoms with Crippen molar-refractivity contribution in [3.05, 3.63) is 23.3 Å². The molecule has 6 heteroatoms. The highest BCUT2D eigenvalue weighted by molar-refractivity contribution is 5.68. The molecule has 0 amide bonds. The van der Waals surface area contributed by atoms with E-state index in [-0.39, 0.29) is 17.8 Å². The molecule has 2 bridgehead atoms. The lowest BCUT2D eigenvalue weighted by atomic mass is 9.60. The van der Waals surface area contributed by atoms with Gasteiger partial charge in [-0.2, -0.15) is 0 Å². The van der Waals surface area contributed by atoms with E-state index in [2.05, 4.69) is 13.5 Å². The van der Waals surface area contributed by atoms with Crippen LogP contribution in [0.1, 0.15) is 66.7 Å². The highest BCUT2D eigenvalue weighted by atomic mass is 16.6. The Labute approximate surface area is 179 Å². The summed E-state index contributed by atoms with van der Waals surface area (Å²) in [7, 11) is 0. The van der Waals surface area contributed by atoms with Crippen LogP contribution in [0.5, 0.6) is 0 Å². The van der Waals surface area contributed by atoms with Gasteiger partial charge in [-0.15, -0.1) is 0 Å². The van der Waals surface area contributed by atoms with Gasteiger partial charge in [-0.25, -0.2) is 0 Å². The first-order valence-electron chi connectivity index (χ1n) is 11.1.